The molecule has 0 spiro atoms. The first kappa shape index (κ1) is 11.3. The molecule has 0 saturated carbocycles. The molecule has 0 bridgehead atoms. The van der Waals surface area contributed by atoms with Crippen LogP contribution < -0.4 is 5.32 Å². The molecule has 4 heteroatoms. The van der Waals surface area contributed by atoms with Crippen LogP contribution in [0.3, 0.4) is 0 Å². The van der Waals surface area contributed by atoms with Crippen molar-refractivity contribution in [2.24, 2.45) is 0 Å². The third-order valence-corrected chi connectivity index (χ3v) is 2.83. The third-order valence-electron chi connectivity index (χ3n) is 2.83. The molecule has 1 amide bonds. The van der Waals surface area contributed by atoms with Crippen LogP contribution in [0.25, 0.3) is 10.9 Å². The lowest BCUT2D eigenvalue weighted by Crippen LogP contribution is -2.12. The number of benzene rings is 1. The molecule has 2 aromatic heterocycles. The van der Waals surface area contributed by atoms with Gasteiger partial charge in [0, 0.05) is 29.7 Å². The van der Waals surface area contributed by atoms with Gasteiger partial charge in [-0.2, -0.15) is 0 Å². The summed E-state index contributed by atoms with van der Waals surface area (Å²) in [5.41, 5.74) is 2.15. The van der Waals surface area contributed by atoms with Gasteiger partial charge in [0.25, 0.3) is 5.91 Å². The number of hydrogen-bond donors (Lipinski definition) is 1. The van der Waals surface area contributed by atoms with E-state index in [1.165, 1.54) is 0 Å². The summed E-state index contributed by atoms with van der Waals surface area (Å²) >= 11 is 0. The number of amides is 1. The lowest BCUT2D eigenvalue weighted by atomic mass is 10.1. The maximum Gasteiger partial charge on any atom is 0.256 e. The molecule has 4 nitrogen and oxygen atoms in total. The van der Waals surface area contributed by atoms with E-state index in [4.69, 9.17) is 0 Å². The summed E-state index contributed by atoms with van der Waals surface area (Å²) in [6.45, 7) is 0. The lowest BCUT2D eigenvalue weighted by Gasteiger charge is -2.07. The maximum absolute atomic E-state index is 12.3. The smallest absolute Gasteiger partial charge is 0.256 e. The predicted molar refractivity (Wildman–Crippen MR) is 73.9 cm³/mol. The second-order valence-electron chi connectivity index (χ2n) is 4.07. The number of nitrogens with zero attached hydrogens (tertiary/aromatic N) is 2. The largest absolute Gasteiger partial charge is 0.322 e. The number of aromatic nitrogens is 2. The van der Waals surface area contributed by atoms with Crippen molar-refractivity contribution >= 4 is 22.5 Å². The Bertz CT molecular complexity index is 720. The summed E-state index contributed by atoms with van der Waals surface area (Å²) in [6, 6.07) is 12.8. The summed E-state index contributed by atoms with van der Waals surface area (Å²) in [4.78, 5) is 20.4. The van der Waals surface area contributed by atoms with E-state index >= 15 is 0 Å². The zero-order valence-electron chi connectivity index (χ0n) is 10.1. The topological polar surface area (TPSA) is 54.9 Å². The van der Waals surface area contributed by atoms with Crippen molar-refractivity contribution in [2.75, 3.05) is 5.32 Å². The van der Waals surface area contributed by atoms with Gasteiger partial charge in [-0.3, -0.25) is 14.8 Å². The quantitative estimate of drug-likeness (QED) is 0.759. The number of fused-ring (bicyclic) bond motifs is 1. The summed E-state index contributed by atoms with van der Waals surface area (Å²) in [7, 11) is 0. The Balaban J connectivity index is 1.98. The van der Waals surface area contributed by atoms with E-state index in [9.17, 15) is 4.79 Å². The van der Waals surface area contributed by atoms with Gasteiger partial charge in [-0.05, 0) is 24.3 Å². The number of hydrogen-bond acceptors (Lipinski definition) is 3. The zero-order chi connectivity index (χ0) is 13.1. The van der Waals surface area contributed by atoms with Crippen molar-refractivity contribution in [1.82, 2.24) is 9.97 Å². The van der Waals surface area contributed by atoms with Gasteiger partial charge in [0.2, 0.25) is 0 Å². The highest BCUT2D eigenvalue weighted by Gasteiger charge is 2.10. The van der Waals surface area contributed by atoms with Crippen LogP contribution in [0.5, 0.6) is 0 Å². The predicted octanol–water partition coefficient (Wildman–Crippen LogP) is 2.88. The number of rotatable bonds is 2. The molecule has 1 aromatic carbocycles. The number of nitrogens with one attached hydrogen (secondary N) is 1. The van der Waals surface area contributed by atoms with Crippen molar-refractivity contribution in [3.05, 3.63) is 66.6 Å². The average molecular weight is 249 g/mol. The Morgan fingerprint density at radius 2 is 1.74 bits per heavy atom. The minimum Gasteiger partial charge on any atom is -0.322 e. The van der Waals surface area contributed by atoms with E-state index in [2.05, 4.69) is 15.3 Å². The van der Waals surface area contributed by atoms with Crippen LogP contribution in [0.15, 0.2) is 61.1 Å². The zero-order valence-corrected chi connectivity index (χ0v) is 10.1. The van der Waals surface area contributed by atoms with Gasteiger partial charge < -0.3 is 5.32 Å². The van der Waals surface area contributed by atoms with Crippen LogP contribution >= 0.6 is 0 Å². The average Bonchev–Trinajstić information content (AvgIpc) is 2.47. The van der Waals surface area contributed by atoms with Gasteiger partial charge in [0.15, 0.2) is 0 Å². The van der Waals surface area contributed by atoms with Crippen LogP contribution in [0.4, 0.5) is 5.69 Å². The van der Waals surface area contributed by atoms with Crippen LogP contribution in [-0.4, -0.2) is 15.9 Å². The molecule has 92 valence electrons. The van der Waals surface area contributed by atoms with Gasteiger partial charge in [-0.1, -0.05) is 18.2 Å². The molecule has 0 unspecified atom stereocenters. The van der Waals surface area contributed by atoms with Crippen molar-refractivity contribution in [3.8, 4) is 0 Å². The van der Waals surface area contributed by atoms with E-state index in [-0.39, 0.29) is 5.91 Å². The molecule has 0 atom stereocenters. The van der Waals surface area contributed by atoms with Crippen molar-refractivity contribution in [3.63, 3.8) is 0 Å². The molecular weight excluding hydrogens is 238 g/mol. The second-order valence-corrected chi connectivity index (χ2v) is 4.07. The fourth-order valence-electron chi connectivity index (χ4n) is 1.93. The van der Waals surface area contributed by atoms with Gasteiger partial charge in [0.1, 0.15) is 0 Å². The molecule has 3 rings (SSSR count). The first-order valence-corrected chi connectivity index (χ1v) is 5.90. The summed E-state index contributed by atoms with van der Waals surface area (Å²) in [6.07, 6.45) is 4.92. The molecule has 3 aromatic rings. The Morgan fingerprint density at radius 3 is 2.58 bits per heavy atom. The number of carbonyl (C=O) groups is 1. The Labute approximate surface area is 110 Å². The van der Waals surface area contributed by atoms with Crippen molar-refractivity contribution in [1.29, 1.82) is 0 Å². The summed E-state index contributed by atoms with van der Waals surface area (Å²) in [5, 5.41) is 3.69. The minimum absolute atomic E-state index is 0.148. The normalized spacial score (nSPS) is 10.3. The van der Waals surface area contributed by atoms with Crippen LogP contribution in [0.2, 0.25) is 0 Å². The van der Waals surface area contributed by atoms with Crippen molar-refractivity contribution in [2.45, 2.75) is 0 Å². The Kier molecular flexibility index (Phi) is 2.90. The maximum atomic E-state index is 12.3. The molecule has 2 heterocycles. The van der Waals surface area contributed by atoms with E-state index in [0.717, 1.165) is 16.6 Å². The number of para-hydroxylation sites is 1. The van der Waals surface area contributed by atoms with E-state index in [0.29, 0.717) is 5.56 Å². The Morgan fingerprint density at radius 1 is 0.947 bits per heavy atom. The lowest BCUT2D eigenvalue weighted by molar-refractivity contribution is 0.102. The van der Waals surface area contributed by atoms with Crippen LogP contribution in [-0.2, 0) is 0 Å². The molecule has 1 N–H and O–H groups in total. The number of pyridine rings is 2. The van der Waals surface area contributed by atoms with Crippen molar-refractivity contribution < 1.29 is 4.79 Å². The number of anilines is 1. The standard InChI is InChI=1S/C15H11N3O/c19-15(18-11-5-8-16-9-6-11)13-7-10-17-14-4-2-1-3-12(13)14/h1-10H,(H,16,18,19). The Hall–Kier alpha value is -2.75. The number of carbonyl (C=O) groups excluding carboxylic acids is 1. The van der Waals surface area contributed by atoms with Gasteiger partial charge >= 0.3 is 0 Å². The molecule has 0 aliphatic heterocycles. The second kappa shape index (κ2) is 4.86. The molecule has 0 aliphatic carbocycles. The third kappa shape index (κ3) is 2.28. The first-order valence-electron chi connectivity index (χ1n) is 5.90. The molecular formula is C15H11N3O. The van der Waals surface area contributed by atoms with Crippen LogP contribution in [0, 0.1) is 0 Å². The van der Waals surface area contributed by atoms with E-state index in [1.807, 2.05) is 24.3 Å². The molecule has 0 radical (unpaired) electrons. The van der Waals surface area contributed by atoms with Gasteiger partial charge in [-0.25, -0.2) is 0 Å². The molecule has 0 saturated heterocycles. The highest BCUT2D eigenvalue weighted by molar-refractivity contribution is 6.12. The van der Waals surface area contributed by atoms with Gasteiger partial charge in [-0.15, -0.1) is 0 Å². The first-order chi connectivity index (χ1) is 9.34. The molecule has 0 fully saturated rings. The molecule has 19 heavy (non-hydrogen) atoms. The summed E-state index contributed by atoms with van der Waals surface area (Å²) in [5.74, 6) is -0.148. The van der Waals surface area contributed by atoms with E-state index < -0.39 is 0 Å². The monoisotopic (exact) mass is 249 g/mol. The van der Waals surface area contributed by atoms with Crippen LogP contribution in [0.1, 0.15) is 10.4 Å². The highest BCUT2D eigenvalue weighted by atomic mass is 16.1. The fraction of sp³-hybridized carbons (Fsp3) is 0. The highest BCUT2D eigenvalue weighted by Crippen LogP contribution is 2.17. The van der Waals surface area contributed by atoms with E-state index in [1.54, 1.807) is 36.8 Å². The fourth-order valence-corrected chi connectivity index (χ4v) is 1.93. The minimum atomic E-state index is -0.148. The SMILES string of the molecule is O=C(Nc1ccncc1)c1ccnc2ccccc12. The summed E-state index contributed by atoms with van der Waals surface area (Å²) < 4.78 is 0. The van der Waals surface area contributed by atoms with Gasteiger partial charge in [0.05, 0.1) is 11.1 Å². The molecule has 0 aliphatic rings.